The molecule has 0 aromatic rings. The maximum atomic E-state index is 11.5. The largest absolute Gasteiger partial charge is 0.466 e. The van der Waals surface area contributed by atoms with Crippen LogP contribution in [0.25, 0.3) is 0 Å². The van der Waals surface area contributed by atoms with Crippen molar-refractivity contribution in [1.82, 2.24) is 4.90 Å². The molecule has 0 saturated carbocycles. The number of unbranched alkanes of at least 4 members (excludes halogenated alkanes) is 3. The van der Waals surface area contributed by atoms with Gasteiger partial charge >= 0.3 is 11.9 Å². The Morgan fingerprint density at radius 3 is 2.10 bits per heavy atom. The van der Waals surface area contributed by atoms with E-state index in [0.29, 0.717) is 19.6 Å². The summed E-state index contributed by atoms with van der Waals surface area (Å²) in [5.74, 6) is -0.501. The van der Waals surface area contributed by atoms with E-state index in [2.05, 4.69) is 25.3 Å². The molecular weight excluding hydrogens is 270 g/mol. The highest BCUT2D eigenvalue weighted by Crippen LogP contribution is 2.02. The minimum absolute atomic E-state index is 0.123. The first kappa shape index (κ1) is 19.6. The normalized spacial score (nSPS) is 10.4. The van der Waals surface area contributed by atoms with Gasteiger partial charge in [-0.15, -0.1) is 0 Å². The molecule has 5 nitrogen and oxygen atoms in total. The lowest BCUT2D eigenvalue weighted by molar-refractivity contribution is -0.144. The van der Waals surface area contributed by atoms with Gasteiger partial charge in [-0.05, 0) is 38.8 Å². The second-order valence-corrected chi connectivity index (χ2v) is 4.78. The average molecular weight is 299 g/mol. The van der Waals surface area contributed by atoms with E-state index in [1.165, 1.54) is 0 Å². The lowest BCUT2D eigenvalue weighted by Crippen LogP contribution is -2.26. The van der Waals surface area contributed by atoms with Crippen LogP contribution in [0.3, 0.4) is 0 Å². The fourth-order valence-corrected chi connectivity index (χ4v) is 1.84. The third-order valence-corrected chi connectivity index (χ3v) is 3.24. The molecule has 0 aromatic carbocycles. The lowest BCUT2D eigenvalue weighted by atomic mass is 10.2. The molecule has 0 saturated heterocycles. The number of ether oxygens (including phenoxy) is 2. The summed E-state index contributed by atoms with van der Waals surface area (Å²) in [5.41, 5.74) is 0. The zero-order valence-corrected chi connectivity index (χ0v) is 13.4. The highest BCUT2D eigenvalue weighted by Gasteiger charge is 2.06. The SMILES string of the molecule is C=CC(=O)OCCCCCCOC(=O)CCN(CC)CC. The molecule has 0 aromatic heterocycles. The molecule has 0 aliphatic carbocycles. The summed E-state index contributed by atoms with van der Waals surface area (Å²) >= 11 is 0. The number of hydrogen-bond donors (Lipinski definition) is 0. The Morgan fingerprint density at radius 1 is 1.00 bits per heavy atom. The highest BCUT2D eigenvalue weighted by molar-refractivity contribution is 5.81. The van der Waals surface area contributed by atoms with Crippen molar-refractivity contribution in [1.29, 1.82) is 0 Å². The molecule has 0 atom stereocenters. The van der Waals surface area contributed by atoms with Gasteiger partial charge in [-0.1, -0.05) is 20.4 Å². The summed E-state index contributed by atoms with van der Waals surface area (Å²) < 4.78 is 10.0. The molecule has 0 aliphatic rings. The molecule has 0 N–H and O–H groups in total. The molecule has 0 spiro atoms. The van der Waals surface area contributed by atoms with Gasteiger partial charge in [0.15, 0.2) is 0 Å². The summed E-state index contributed by atoms with van der Waals surface area (Å²) in [5, 5.41) is 0. The zero-order valence-electron chi connectivity index (χ0n) is 13.4. The van der Waals surface area contributed by atoms with Crippen molar-refractivity contribution in [2.24, 2.45) is 0 Å². The van der Waals surface area contributed by atoms with Gasteiger partial charge in [0.25, 0.3) is 0 Å². The molecule has 0 rings (SSSR count). The van der Waals surface area contributed by atoms with Crippen LogP contribution < -0.4 is 0 Å². The van der Waals surface area contributed by atoms with Gasteiger partial charge in [-0.2, -0.15) is 0 Å². The topological polar surface area (TPSA) is 55.8 Å². The molecule has 0 unspecified atom stereocenters. The summed E-state index contributed by atoms with van der Waals surface area (Å²) in [7, 11) is 0. The van der Waals surface area contributed by atoms with Crippen LogP contribution in [-0.2, 0) is 19.1 Å². The fourth-order valence-electron chi connectivity index (χ4n) is 1.84. The number of hydrogen-bond acceptors (Lipinski definition) is 5. The monoisotopic (exact) mass is 299 g/mol. The molecular formula is C16H29NO4. The second kappa shape index (κ2) is 13.6. The lowest BCUT2D eigenvalue weighted by Gasteiger charge is -2.16. The molecule has 0 bridgehead atoms. The summed E-state index contributed by atoms with van der Waals surface area (Å²) in [4.78, 5) is 24.5. The number of nitrogens with zero attached hydrogens (tertiary/aromatic N) is 1. The van der Waals surface area contributed by atoms with Crippen LogP contribution in [0.15, 0.2) is 12.7 Å². The molecule has 0 fully saturated rings. The quantitative estimate of drug-likeness (QED) is 0.297. The number of carbonyl (C=O) groups is 2. The van der Waals surface area contributed by atoms with Gasteiger partial charge in [-0.25, -0.2) is 4.79 Å². The summed E-state index contributed by atoms with van der Waals surface area (Å²) in [6.45, 7) is 11.1. The van der Waals surface area contributed by atoms with E-state index in [-0.39, 0.29) is 11.9 Å². The predicted molar refractivity (Wildman–Crippen MR) is 83.0 cm³/mol. The maximum Gasteiger partial charge on any atom is 0.330 e. The predicted octanol–water partition coefficient (Wildman–Crippen LogP) is 2.55. The van der Waals surface area contributed by atoms with E-state index in [9.17, 15) is 9.59 Å². The van der Waals surface area contributed by atoms with Crippen LogP contribution in [0.5, 0.6) is 0 Å². The van der Waals surface area contributed by atoms with Gasteiger partial charge in [0.05, 0.1) is 19.6 Å². The van der Waals surface area contributed by atoms with E-state index in [1.807, 2.05) is 0 Å². The van der Waals surface area contributed by atoms with E-state index < -0.39 is 0 Å². The molecule has 0 radical (unpaired) electrons. The first-order chi connectivity index (χ1) is 10.1. The minimum atomic E-state index is -0.378. The Bertz CT molecular complexity index is 301. The van der Waals surface area contributed by atoms with Gasteiger partial charge in [0.2, 0.25) is 0 Å². The van der Waals surface area contributed by atoms with Crippen molar-refractivity contribution in [3.63, 3.8) is 0 Å². The summed E-state index contributed by atoms with van der Waals surface area (Å²) in [6.07, 6.45) is 5.23. The Hall–Kier alpha value is -1.36. The van der Waals surface area contributed by atoms with E-state index in [0.717, 1.165) is 51.4 Å². The van der Waals surface area contributed by atoms with Gasteiger partial charge < -0.3 is 14.4 Å². The molecule has 0 heterocycles. The number of esters is 2. The van der Waals surface area contributed by atoms with Crippen LogP contribution >= 0.6 is 0 Å². The van der Waals surface area contributed by atoms with Crippen molar-refractivity contribution in [2.75, 3.05) is 32.8 Å². The van der Waals surface area contributed by atoms with E-state index in [1.54, 1.807) is 0 Å². The zero-order chi connectivity index (χ0) is 15.9. The molecule has 122 valence electrons. The molecule has 5 heteroatoms. The van der Waals surface area contributed by atoms with E-state index in [4.69, 9.17) is 9.47 Å². The van der Waals surface area contributed by atoms with Gasteiger partial charge in [-0.3, -0.25) is 4.79 Å². The molecule has 0 aliphatic heterocycles. The van der Waals surface area contributed by atoms with Gasteiger partial charge in [0, 0.05) is 12.6 Å². The number of rotatable bonds is 13. The van der Waals surface area contributed by atoms with Gasteiger partial charge in [0.1, 0.15) is 0 Å². The third-order valence-electron chi connectivity index (χ3n) is 3.24. The average Bonchev–Trinajstić information content (AvgIpc) is 2.50. The van der Waals surface area contributed by atoms with Crippen molar-refractivity contribution >= 4 is 11.9 Å². The molecule has 21 heavy (non-hydrogen) atoms. The Kier molecular flexibility index (Phi) is 12.7. The van der Waals surface area contributed by atoms with Crippen LogP contribution in [-0.4, -0.2) is 49.7 Å². The number of carbonyl (C=O) groups excluding carboxylic acids is 2. The van der Waals surface area contributed by atoms with Crippen LogP contribution in [0.2, 0.25) is 0 Å². The van der Waals surface area contributed by atoms with E-state index >= 15 is 0 Å². The standard InChI is InChI=1S/C16H29NO4/c1-4-15(18)20-13-9-7-8-10-14-21-16(19)11-12-17(5-2)6-3/h4H,1,5-14H2,2-3H3. The first-order valence-corrected chi connectivity index (χ1v) is 7.81. The molecule has 0 amide bonds. The van der Waals surface area contributed by atoms with Crippen molar-refractivity contribution in [2.45, 2.75) is 46.0 Å². The Morgan fingerprint density at radius 2 is 1.57 bits per heavy atom. The highest BCUT2D eigenvalue weighted by atomic mass is 16.5. The first-order valence-electron chi connectivity index (χ1n) is 7.81. The smallest absolute Gasteiger partial charge is 0.330 e. The van der Waals surface area contributed by atoms with Crippen LogP contribution in [0, 0.1) is 0 Å². The Labute approximate surface area is 128 Å². The maximum absolute atomic E-state index is 11.5. The summed E-state index contributed by atoms with van der Waals surface area (Å²) in [6, 6.07) is 0. The van der Waals surface area contributed by atoms with Crippen molar-refractivity contribution in [3.8, 4) is 0 Å². The third kappa shape index (κ3) is 12.1. The Balaban J connectivity index is 3.36. The van der Waals surface area contributed by atoms with Crippen molar-refractivity contribution in [3.05, 3.63) is 12.7 Å². The second-order valence-electron chi connectivity index (χ2n) is 4.78. The van der Waals surface area contributed by atoms with Crippen LogP contribution in [0.1, 0.15) is 46.0 Å². The van der Waals surface area contributed by atoms with Crippen molar-refractivity contribution < 1.29 is 19.1 Å². The fraction of sp³-hybridized carbons (Fsp3) is 0.750. The minimum Gasteiger partial charge on any atom is -0.466 e. The van der Waals surface area contributed by atoms with Crippen LogP contribution in [0.4, 0.5) is 0 Å².